The summed E-state index contributed by atoms with van der Waals surface area (Å²) >= 11 is 1.40. The van der Waals surface area contributed by atoms with Gasteiger partial charge in [0.25, 0.3) is 5.91 Å². The van der Waals surface area contributed by atoms with Gasteiger partial charge in [0.05, 0.1) is 17.0 Å². The zero-order valence-corrected chi connectivity index (χ0v) is 11.4. The zero-order valence-electron chi connectivity index (χ0n) is 10.6. The van der Waals surface area contributed by atoms with E-state index in [9.17, 15) is 4.79 Å². The van der Waals surface area contributed by atoms with Crippen LogP contribution in [0.4, 0.5) is 0 Å². The van der Waals surface area contributed by atoms with Gasteiger partial charge in [0.15, 0.2) is 5.82 Å². The molecule has 0 atom stereocenters. The number of thiophene rings is 1. The fraction of sp³-hybridized carbons (Fsp3) is 0.308. The van der Waals surface area contributed by atoms with Crippen molar-refractivity contribution in [1.82, 2.24) is 19.7 Å². The van der Waals surface area contributed by atoms with E-state index in [0.29, 0.717) is 18.7 Å². The third kappa shape index (κ3) is 2.43. The molecular weight excluding hydrogens is 276 g/mol. The van der Waals surface area contributed by atoms with Gasteiger partial charge in [0.1, 0.15) is 12.9 Å². The van der Waals surface area contributed by atoms with Crippen LogP contribution >= 0.6 is 11.3 Å². The van der Waals surface area contributed by atoms with Crippen molar-refractivity contribution in [3.63, 3.8) is 0 Å². The molecule has 0 bridgehead atoms. The van der Waals surface area contributed by atoms with E-state index in [1.54, 1.807) is 22.7 Å². The highest BCUT2D eigenvalue weighted by Crippen LogP contribution is 2.18. The highest BCUT2D eigenvalue weighted by Gasteiger charge is 2.23. The lowest BCUT2D eigenvalue weighted by Crippen LogP contribution is -2.38. The molecule has 2 aromatic heterocycles. The number of rotatable bonds is 1. The molecule has 1 N–H and O–H groups in total. The molecule has 0 aromatic carbocycles. The normalized spacial score (nSPS) is 13.6. The summed E-state index contributed by atoms with van der Waals surface area (Å²) in [6.45, 7) is 1.67. The summed E-state index contributed by atoms with van der Waals surface area (Å²) in [6, 6.07) is 1.76. The third-order valence-electron chi connectivity index (χ3n) is 3.06. The molecule has 0 saturated carbocycles. The summed E-state index contributed by atoms with van der Waals surface area (Å²) in [5, 5.41) is 18.3. The fourth-order valence-electron chi connectivity index (χ4n) is 2.06. The van der Waals surface area contributed by atoms with Crippen LogP contribution in [0.1, 0.15) is 21.1 Å². The number of carbonyl (C=O) groups is 1. The first kappa shape index (κ1) is 12.8. The van der Waals surface area contributed by atoms with Gasteiger partial charge < -0.3 is 14.6 Å². The van der Waals surface area contributed by atoms with E-state index < -0.39 is 0 Å². The second-order valence-electron chi connectivity index (χ2n) is 4.33. The second-order valence-corrected chi connectivity index (χ2v) is 5.24. The molecule has 0 radical (unpaired) electrons. The van der Waals surface area contributed by atoms with Crippen molar-refractivity contribution in [1.29, 1.82) is 0 Å². The van der Waals surface area contributed by atoms with Crippen molar-refractivity contribution in [2.75, 3.05) is 13.2 Å². The summed E-state index contributed by atoms with van der Waals surface area (Å²) < 4.78 is 1.95. The van der Waals surface area contributed by atoms with Gasteiger partial charge in [0.2, 0.25) is 0 Å². The fourth-order valence-corrected chi connectivity index (χ4v) is 2.81. The van der Waals surface area contributed by atoms with E-state index in [0.717, 1.165) is 17.2 Å². The minimum Gasteiger partial charge on any atom is -0.384 e. The average molecular weight is 288 g/mol. The van der Waals surface area contributed by atoms with Gasteiger partial charge in [-0.15, -0.1) is 21.5 Å². The number of aliphatic hydroxyl groups is 1. The Morgan fingerprint density at radius 2 is 2.40 bits per heavy atom. The predicted octanol–water partition coefficient (Wildman–Crippen LogP) is 0.339. The average Bonchev–Trinajstić information content (AvgIpc) is 3.12. The molecule has 0 spiro atoms. The molecule has 2 aromatic rings. The largest absolute Gasteiger partial charge is 0.384 e. The van der Waals surface area contributed by atoms with E-state index in [1.165, 1.54) is 11.3 Å². The maximum atomic E-state index is 12.4. The number of fused-ring (bicyclic) bond motifs is 1. The van der Waals surface area contributed by atoms with Crippen LogP contribution < -0.4 is 0 Å². The number of nitrogens with zero attached hydrogens (tertiary/aromatic N) is 4. The van der Waals surface area contributed by atoms with Crippen molar-refractivity contribution in [3.05, 3.63) is 34.0 Å². The maximum absolute atomic E-state index is 12.4. The predicted molar refractivity (Wildman–Crippen MR) is 73.0 cm³/mol. The quantitative estimate of drug-likeness (QED) is 0.768. The number of carbonyl (C=O) groups excluding carboxylic acids is 1. The molecule has 6 nitrogen and oxygen atoms in total. The lowest BCUT2D eigenvalue weighted by atomic mass is 10.2. The summed E-state index contributed by atoms with van der Waals surface area (Å²) in [5.41, 5.74) is 0.630. The van der Waals surface area contributed by atoms with Gasteiger partial charge >= 0.3 is 0 Å². The van der Waals surface area contributed by atoms with Crippen LogP contribution in [0.2, 0.25) is 0 Å². The lowest BCUT2D eigenvalue weighted by molar-refractivity contribution is 0.0708. The van der Waals surface area contributed by atoms with Gasteiger partial charge in [-0.25, -0.2) is 0 Å². The number of aromatic nitrogens is 3. The first-order valence-electron chi connectivity index (χ1n) is 6.12. The topological polar surface area (TPSA) is 71.2 Å². The van der Waals surface area contributed by atoms with Gasteiger partial charge in [-0.2, -0.15) is 0 Å². The Hall–Kier alpha value is -2.17. The highest BCUT2D eigenvalue weighted by molar-refractivity contribution is 7.10. The van der Waals surface area contributed by atoms with Crippen LogP contribution in [0, 0.1) is 11.8 Å². The smallest absolute Gasteiger partial charge is 0.255 e. The lowest BCUT2D eigenvalue weighted by Gasteiger charge is -2.26. The molecule has 0 fully saturated rings. The summed E-state index contributed by atoms with van der Waals surface area (Å²) in [5.74, 6) is 6.17. The SMILES string of the molecule is O=C(c1csc(C#CCO)c1)N1CCn2cnnc2C1. The Bertz CT molecular complexity index is 695. The number of amides is 1. The van der Waals surface area contributed by atoms with Gasteiger partial charge in [-0.3, -0.25) is 4.79 Å². The molecule has 1 aliphatic heterocycles. The molecule has 3 rings (SSSR count). The molecule has 0 aliphatic carbocycles. The Balaban J connectivity index is 1.75. The number of hydrogen-bond acceptors (Lipinski definition) is 5. The van der Waals surface area contributed by atoms with Crippen LogP contribution in [0.3, 0.4) is 0 Å². The van der Waals surface area contributed by atoms with Crippen molar-refractivity contribution in [2.24, 2.45) is 0 Å². The van der Waals surface area contributed by atoms with Crippen LogP contribution in [0.25, 0.3) is 0 Å². The number of aliphatic hydroxyl groups excluding tert-OH is 1. The van der Waals surface area contributed by atoms with Crippen LogP contribution in [0.5, 0.6) is 0 Å². The molecular formula is C13H12N4O2S. The van der Waals surface area contributed by atoms with Crippen LogP contribution in [-0.2, 0) is 13.1 Å². The molecule has 0 saturated heterocycles. The highest BCUT2D eigenvalue weighted by atomic mass is 32.1. The van der Waals surface area contributed by atoms with E-state index in [4.69, 9.17) is 5.11 Å². The third-order valence-corrected chi connectivity index (χ3v) is 3.91. The van der Waals surface area contributed by atoms with Crippen molar-refractivity contribution in [2.45, 2.75) is 13.1 Å². The Morgan fingerprint density at radius 1 is 1.50 bits per heavy atom. The van der Waals surface area contributed by atoms with Gasteiger partial charge in [-0.05, 0) is 6.07 Å². The second kappa shape index (κ2) is 5.45. The Labute approximate surface area is 119 Å². The molecule has 0 unspecified atom stereocenters. The summed E-state index contributed by atoms with van der Waals surface area (Å²) in [4.78, 5) is 14.9. The Kier molecular flexibility index (Phi) is 3.50. The zero-order chi connectivity index (χ0) is 13.9. The standard InChI is InChI=1S/C13H12N4O2S/c18-5-1-2-11-6-10(8-20-11)13(19)16-3-4-17-9-14-15-12(17)7-16/h6,8-9,18H,3-5,7H2. The van der Waals surface area contributed by atoms with Crippen molar-refractivity contribution < 1.29 is 9.90 Å². The molecule has 1 aliphatic rings. The van der Waals surface area contributed by atoms with E-state index >= 15 is 0 Å². The first-order valence-corrected chi connectivity index (χ1v) is 7.00. The number of hydrogen-bond donors (Lipinski definition) is 1. The monoisotopic (exact) mass is 288 g/mol. The maximum Gasteiger partial charge on any atom is 0.255 e. The van der Waals surface area contributed by atoms with E-state index in [2.05, 4.69) is 22.0 Å². The summed E-state index contributed by atoms with van der Waals surface area (Å²) in [7, 11) is 0. The molecule has 3 heterocycles. The van der Waals surface area contributed by atoms with Crippen molar-refractivity contribution >= 4 is 17.2 Å². The molecule has 102 valence electrons. The Morgan fingerprint density at radius 3 is 3.25 bits per heavy atom. The minimum absolute atomic E-state index is 0.0208. The van der Waals surface area contributed by atoms with Gasteiger partial charge in [-0.1, -0.05) is 11.8 Å². The van der Waals surface area contributed by atoms with Crippen LogP contribution in [0.15, 0.2) is 17.8 Å². The minimum atomic E-state index is -0.178. The van der Waals surface area contributed by atoms with E-state index in [-0.39, 0.29) is 12.5 Å². The first-order chi connectivity index (χ1) is 9.78. The summed E-state index contributed by atoms with van der Waals surface area (Å²) in [6.07, 6.45) is 1.68. The van der Waals surface area contributed by atoms with Crippen LogP contribution in [-0.4, -0.2) is 43.8 Å². The van der Waals surface area contributed by atoms with Gasteiger partial charge in [0, 0.05) is 18.5 Å². The molecule has 7 heteroatoms. The van der Waals surface area contributed by atoms with Crippen molar-refractivity contribution in [3.8, 4) is 11.8 Å². The molecule has 20 heavy (non-hydrogen) atoms. The molecule has 1 amide bonds. The van der Waals surface area contributed by atoms with E-state index in [1.807, 2.05) is 4.57 Å².